The predicted octanol–water partition coefficient (Wildman–Crippen LogP) is 4.16. The van der Waals surface area contributed by atoms with Gasteiger partial charge in [0.05, 0.1) is 16.6 Å². The number of carbonyl (C=O) groups is 1. The third kappa shape index (κ3) is 1.81. The van der Waals surface area contributed by atoms with Gasteiger partial charge in [0.15, 0.2) is 0 Å². The monoisotopic (exact) mass is 305 g/mol. The molecular weight excluding hydrogens is 290 g/mol. The van der Waals surface area contributed by atoms with Gasteiger partial charge in [0.25, 0.3) is 0 Å². The number of carboxylic acid groups (broad SMARTS) is 1. The quantitative estimate of drug-likeness (QED) is 0.597. The van der Waals surface area contributed by atoms with Crippen LogP contribution < -0.4 is 0 Å². The van der Waals surface area contributed by atoms with Crippen LogP contribution in [0.2, 0.25) is 0 Å². The van der Waals surface area contributed by atoms with E-state index in [-0.39, 0.29) is 5.75 Å². The van der Waals surface area contributed by atoms with Crippen molar-refractivity contribution in [2.24, 2.45) is 0 Å². The first-order chi connectivity index (χ1) is 11.1. The van der Waals surface area contributed by atoms with E-state index < -0.39 is 5.97 Å². The van der Waals surface area contributed by atoms with Crippen LogP contribution in [0.5, 0.6) is 5.75 Å². The number of phenolic OH excluding ortho intramolecular Hbond substituents is 1. The highest BCUT2D eigenvalue weighted by Gasteiger charge is 2.23. The van der Waals surface area contributed by atoms with Crippen LogP contribution in [0.3, 0.4) is 0 Å². The van der Waals surface area contributed by atoms with Gasteiger partial charge in [-0.3, -0.25) is 0 Å². The molecule has 0 unspecified atom stereocenters. The summed E-state index contributed by atoms with van der Waals surface area (Å²) in [5, 5.41) is 19.1. The summed E-state index contributed by atoms with van der Waals surface area (Å²) in [6, 6.07) is 14.5. The fourth-order valence-electron chi connectivity index (χ4n) is 3.44. The average Bonchev–Trinajstić information content (AvgIpc) is 3.08. The Labute approximate surface area is 132 Å². The molecule has 0 radical (unpaired) electrons. The molecule has 4 heteroatoms. The summed E-state index contributed by atoms with van der Waals surface area (Å²) in [5.41, 5.74) is 5.93. The second kappa shape index (κ2) is 4.74. The minimum atomic E-state index is -0.928. The maximum absolute atomic E-state index is 11.7. The molecule has 0 fully saturated rings. The predicted molar refractivity (Wildman–Crippen MR) is 89.5 cm³/mol. The third-order valence-electron chi connectivity index (χ3n) is 4.38. The average molecular weight is 305 g/mol. The normalized spacial score (nSPS) is 11.5. The van der Waals surface area contributed by atoms with Gasteiger partial charge >= 0.3 is 5.97 Å². The molecule has 0 atom stereocenters. The van der Waals surface area contributed by atoms with Gasteiger partial charge in [0.2, 0.25) is 0 Å². The smallest absolute Gasteiger partial charge is 0.337 e. The van der Waals surface area contributed by atoms with Crippen molar-refractivity contribution in [3.63, 3.8) is 0 Å². The first kappa shape index (κ1) is 13.6. The van der Waals surface area contributed by atoms with Crippen molar-refractivity contribution >= 4 is 22.5 Å². The van der Waals surface area contributed by atoms with Gasteiger partial charge in [-0.1, -0.05) is 25.1 Å². The first-order valence-electron chi connectivity index (χ1n) is 7.53. The summed E-state index contributed by atoms with van der Waals surface area (Å²) in [5.74, 6) is -0.732. The molecule has 0 saturated carbocycles. The van der Waals surface area contributed by atoms with Crippen LogP contribution in [0, 0.1) is 0 Å². The Morgan fingerprint density at radius 1 is 1.13 bits per heavy atom. The summed E-state index contributed by atoms with van der Waals surface area (Å²) in [7, 11) is 0. The molecule has 0 aliphatic rings. The molecule has 0 aliphatic heterocycles. The number of pyridine rings is 1. The molecule has 0 spiro atoms. The Morgan fingerprint density at radius 3 is 2.52 bits per heavy atom. The topological polar surface area (TPSA) is 61.9 Å². The molecule has 0 saturated heterocycles. The third-order valence-corrected chi connectivity index (χ3v) is 4.38. The van der Waals surface area contributed by atoms with Crippen molar-refractivity contribution < 1.29 is 15.0 Å². The number of benzene rings is 1. The van der Waals surface area contributed by atoms with Crippen LogP contribution in [0.25, 0.3) is 27.7 Å². The van der Waals surface area contributed by atoms with Crippen molar-refractivity contribution in [1.82, 2.24) is 4.40 Å². The van der Waals surface area contributed by atoms with Crippen molar-refractivity contribution in [2.45, 2.75) is 13.3 Å². The fraction of sp³-hybridized carbons (Fsp3) is 0.105. The van der Waals surface area contributed by atoms with Gasteiger partial charge in [0.1, 0.15) is 5.75 Å². The summed E-state index contributed by atoms with van der Waals surface area (Å²) in [6.45, 7) is 2.07. The molecule has 114 valence electrons. The van der Waals surface area contributed by atoms with Gasteiger partial charge in [-0.25, -0.2) is 4.79 Å². The Hall–Kier alpha value is -3.01. The van der Waals surface area contributed by atoms with Gasteiger partial charge in [-0.2, -0.15) is 0 Å². The lowest BCUT2D eigenvalue weighted by atomic mass is 9.98. The van der Waals surface area contributed by atoms with E-state index in [1.807, 2.05) is 34.7 Å². The summed E-state index contributed by atoms with van der Waals surface area (Å²) in [4.78, 5) is 11.7. The molecule has 4 aromatic rings. The fourth-order valence-corrected chi connectivity index (χ4v) is 3.44. The Morgan fingerprint density at radius 2 is 1.87 bits per heavy atom. The van der Waals surface area contributed by atoms with Gasteiger partial charge in [0, 0.05) is 11.1 Å². The summed E-state index contributed by atoms with van der Waals surface area (Å²) >= 11 is 0. The number of aromatic nitrogens is 1. The number of phenols is 1. The van der Waals surface area contributed by atoms with Gasteiger partial charge < -0.3 is 14.6 Å². The van der Waals surface area contributed by atoms with Crippen molar-refractivity contribution in [3.05, 3.63) is 59.7 Å². The zero-order valence-corrected chi connectivity index (χ0v) is 12.6. The molecular formula is C19H15NO3. The lowest BCUT2D eigenvalue weighted by molar-refractivity contribution is 0.0699. The minimum absolute atomic E-state index is 0.196. The largest absolute Gasteiger partial charge is 0.508 e. The highest BCUT2D eigenvalue weighted by molar-refractivity contribution is 6.07. The molecule has 2 N–H and O–H groups in total. The maximum Gasteiger partial charge on any atom is 0.337 e. The highest BCUT2D eigenvalue weighted by atomic mass is 16.4. The maximum atomic E-state index is 11.7. The standard InChI is InChI=1S/C19H15NO3/c1-2-14-16-5-3-4-12-10-15(19(22)23)18(20(12)16)17(14)11-6-8-13(21)9-7-11/h3-10,21H,2H2,1H3,(H,22,23). The van der Waals surface area contributed by atoms with E-state index in [1.165, 1.54) is 0 Å². The molecule has 4 nitrogen and oxygen atoms in total. The number of rotatable bonds is 3. The number of aryl methyl sites for hydroxylation is 1. The van der Waals surface area contributed by atoms with Crippen LogP contribution in [-0.2, 0) is 6.42 Å². The zero-order chi connectivity index (χ0) is 16.1. The van der Waals surface area contributed by atoms with Crippen LogP contribution in [0.1, 0.15) is 22.8 Å². The number of aromatic carboxylic acids is 1. The summed E-state index contributed by atoms with van der Waals surface area (Å²) in [6.07, 6.45) is 0.802. The Kier molecular flexibility index (Phi) is 2.81. The van der Waals surface area contributed by atoms with Crippen LogP contribution in [0.4, 0.5) is 0 Å². The lowest BCUT2D eigenvalue weighted by Gasteiger charge is -2.05. The molecule has 0 amide bonds. The van der Waals surface area contributed by atoms with Crippen LogP contribution in [0.15, 0.2) is 48.5 Å². The molecule has 0 aliphatic carbocycles. The van der Waals surface area contributed by atoms with E-state index in [0.29, 0.717) is 5.56 Å². The second-order valence-electron chi connectivity index (χ2n) is 5.64. The molecule has 3 aromatic heterocycles. The van der Waals surface area contributed by atoms with Gasteiger partial charge in [-0.05, 0) is 47.9 Å². The lowest BCUT2D eigenvalue weighted by Crippen LogP contribution is -1.95. The number of hydrogen-bond acceptors (Lipinski definition) is 2. The molecule has 4 rings (SSSR count). The Bertz CT molecular complexity index is 1030. The van der Waals surface area contributed by atoms with Gasteiger partial charge in [-0.15, -0.1) is 0 Å². The highest BCUT2D eigenvalue weighted by Crippen LogP contribution is 2.39. The number of carboxylic acids is 1. The minimum Gasteiger partial charge on any atom is -0.508 e. The van der Waals surface area contributed by atoms with Crippen molar-refractivity contribution in [3.8, 4) is 16.9 Å². The van der Waals surface area contributed by atoms with Crippen LogP contribution >= 0.6 is 0 Å². The van der Waals surface area contributed by atoms with E-state index in [1.54, 1.807) is 18.2 Å². The van der Waals surface area contributed by atoms with E-state index in [9.17, 15) is 15.0 Å². The number of nitrogens with zero attached hydrogens (tertiary/aromatic N) is 1. The van der Waals surface area contributed by atoms with E-state index >= 15 is 0 Å². The second-order valence-corrected chi connectivity index (χ2v) is 5.64. The van der Waals surface area contributed by atoms with E-state index in [4.69, 9.17) is 0 Å². The number of hydrogen-bond donors (Lipinski definition) is 2. The van der Waals surface area contributed by atoms with E-state index in [2.05, 4.69) is 6.92 Å². The van der Waals surface area contributed by atoms with Crippen LogP contribution in [-0.4, -0.2) is 20.6 Å². The molecule has 1 aromatic carbocycles. The first-order valence-corrected chi connectivity index (χ1v) is 7.53. The Balaban J connectivity index is 2.21. The van der Waals surface area contributed by atoms with Crippen molar-refractivity contribution in [1.29, 1.82) is 0 Å². The number of aromatic hydroxyl groups is 1. The molecule has 3 heterocycles. The molecule has 23 heavy (non-hydrogen) atoms. The van der Waals surface area contributed by atoms with E-state index in [0.717, 1.165) is 39.7 Å². The molecule has 0 bridgehead atoms. The van der Waals surface area contributed by atoms with Crippen molar-refractivity contribution in [2.75, 3.05) is 0 Å². The zero-order valence-electron chi connectivity index (χ0n) is 12.6. The SMILES string of the molecule is CCc1c(-c2ccc(O)cc2)c2c(C(=O)O)cc3cccc1n32. The summed E-state index contributed by atoms with van der Waals surface area (Å²) < 4.78 is 2.02.